The zero-order valence-electron chi connectivity index (χ0n) is 12.2. The summed E-state index contributed by atoms with van der Waals surface area (Å²) < 4.78 is 40.0. The summed E-state index contributed by atoms with van der Waals surface area (Å²) in [7, 11) is -3.87. The SMILES string of the molecule is O=C(c1ccsc1)N1CCN(S(=O)(=O)c2ccccc2F)CC1. The van der Waals surface area contributed by atoms with Gasteiger partial charge in [0.25, 0.3) is 5.91 Å². The number of amides is 1. The summed E-state index contributed by atoms with van der Waals surface area (Å²) in [6, 6.07) is 7.07. The molecule has 0 radical (unpaired) electrons. The van der Waals surface area contributed by atoms with Crippen LogP contribution in [0.1, 0.15) is 10.4 Å². The van der Waals surface area contributed by atoms with Crippen LogP contribution in [0.5, 0.6) is 0 Å². The van der Waals surface area contributed by atoms with Crippen molar-refractivity contribution >= 4 is 27.3 Å². The largest absolute Gasteiger partial charge is 0.336 e. The molecule has 0 N–H and O–H groups in total. The van der Waals surface area contributed by atoms with E-state index >= 15 is 0 Å². The fourth-order valence-corrected chi connectivity index (χ4v) is 4.61. The number of rotatable bonds is 3. The lowest BCUT2D eigenvalue weighted by Crippen LogP contribution is -2.50. The van der Waals surface area contributed by atoms with Crippen LogP contribution in [-0.4, -0.2) is 49.7 Å². The molecule has 0 saturated carbocycles. The first kappa shape index (κ1) is 16.1. The van der Waals surface area contributed by atoms with Crippen molar-refractivity contribution in [3.05, 3.63) is 52.5 Å². The predicted molar refractivity (Wildman–Crippen MR) is 85.4 cm³/mol. The molecule has 1 amide bonds. The maximum Gasteiger partial charge on any atom is 0.254 e. The molecule has 1 aliphatic heterocycles. The minimum Gasteiger partial charge on any atom is -0.336 e. The lowest BCUT2D eigenvalue weighted by Gasteiger charge is -2.33. The summed E-state index contributed by atoms with van der Waals surface area (Å²) in [6.45, 7) is 0.907. The van der Waals surface area contributed by atoms with Crippen LogP contribution in [0.4, 0.5) is 4.39 Å². The van der Waals surface area contributed by atoms with E-state index in [0.29, 0.717) is 18.7 Å². The monoisotopic (exact) mass is 354 g/mol. The number of halogens is 1. The van der Waals surface area contributed by atoms with E-state index in [9.17, 15) is 17.6 Å². The number of hydrogen-bond acceptors (Lipinski definition) is 4. The summed E-state index contributed by atoms with van der Waals surface area (Å²) in [5, 5.41) is 3.59. The molecule has 0 bridgehead atoms. The van der Waals surface area contributed by atoms with Crippen LogP contribution in [0.15, 0.2) is 46.0 Å². The van der Waals surface area contributed by atoms with Crippen LogP contribution < -0.4 is 0 Å². The predicted octanol–water partition coefficient (Wildman–Crippen LogP) is 2.03. The van der Waals surface area contributed by atoms with Gasteiger partial charge >= 0.3 is 0 Å². The van der Waals surface area contributed by atoms with Gasteiger partial charge in [0.2, 0.25) is 10.0 Å². The molecule has 1 fully saturated rings. The average Bonchev–Trinajstić information content (AvgIpc) is 3.09. The van der Waals surface area contributed by atoms with Crippen molar-refractivity contribution in [1.82, 2.24) is 9.21 Å². The van der Waals surface area contributed by atoms with Gasteiger partial charge in [-0.2, -0.15) is 15.6 Å². The highest BCUT2D eigenvalue weighted by Crippen LogP contribution is 2.21. The minimum absolute atomic E-state index is 0.103. The molecule has 1 saturated heterocycles. The Morgan fingerprint density at radius 3 is 2.39 bits per heavy atom. The summed E-state index contributed by atoms with van der Waals surface area (Å²) in [5.41, 5.74) is 0.611. The third-order valence-electron chi connectivity index (χ3n) is 3.75. The highest BCUT2D eigenvalue weighted by molar-refractivity contribution is 7.89. The normalized spacial score (nSPS) is 16.5. The van der Waals surface area contributed by atoms with Gasteiger partial charge in [0.05, 0.1) is 5.56 Å². The van der Waals surface area contributed by atoms with Gasteiger partial charge in [-0.05, 0) is 23.6 Å². The number of thiophene rings is 1. The fraction of sp³-hybridized carbons (Fsp3) is 0.267. The number of sulfonamides is 1. The van der Waals surface area contributed by atoms with Crippen LogP contribution in [0.25, 0.3) is 0 Å². The Bertz CT molecular complexity index is 798. The van der Waals surface area contributed by atoms with Crippen molar-refractivity contribution in [1.29, 1.82) is 0 Å². The molecule has 1 aromatic carbocycles. The van der Waals surface area contributed by atoms with Crippen LogP contribution >= 0.6 is 11.3 Å². The molecule has 1 aliphatic rings. The van der Waals surface area contributed by atoms with E-state index in [2.05, 4.69) is 0 Å². The molecule has 2 aromatic rings. The molecular weight excluding hydrogens is 339 g/mol. The number of nitrogens with zero attached hydrogens (tertiary/aromatic N) is 2. The van der Waals surface area contributed by atoms with Crippen LogP contribution in [-0.2, 0) is 10.0 Å². The van der Waals surface area contributed by atoms with Gasteiger partial charge < -0.3 is 4.90 Å². The Kier molecular flexibility index (Phi) is 4.47. The zero-order valence-corrected chi connectivity index (χ0v) is 13.8. The molecule has 0 spiro atoms. The Balaban J connectivity index is 1.72. The van der Waals surface area contributed by atoms with Crippen molar-refractivity contribution in [2.75, 3.05) is 26.2 Å². The highest BCUT2D eigenvalue weighted by atomic mass is 32.2. The second-order valence-electron chi connectivity index (χ2n) is 5.14. The van der Waals surface area contributed by atoms with Gasteiger partial charge in [0, 0.05) is 31.6 Å². The molecule has 122 valence electrons. The number of carbonyl (C=O) groups excluding carboxylic acids is 1. The topological polar surface area (TPSA) is 57.7 Å². The van der Waals surface area contributed by atoms with Gasteiger partial charge in [-0.15, -0.1) is 0 Å². The third kappa shape index (κ3) is 3.15. The first-order valence-corrected chi connectivity index (χ1v) is 9.44. The molecule has 5 nitrogen and oxygen atoms in total. The van der Waals surface area contributed by atoms with Gasteiger partial charge in [-0.25, -0.2) is 12.8 Å². The van der Waals surface area contributed by atoms with Gasteiger partial charge in [-0.1, -0.05) is 12.1 Å². The average molecular weight is 354 g/mol. The van der Waals surface area contributed by atoms with Crippen molar-refractivity contribution in [2.24, 2.45) is 0 Å². The van der Waals surface area contributed by atoms with E-state index in [1.807, 2.05) is 5.38 Å². The van der Waals surface area contributed by atoms with Crippen LogP contribution in [0.2, 0.25) is 0 Å². The lowest BCUT2D eigenvalue weighted by atomic mass is 10.2. The Labute approximate surface area is 138 Å². The third-order valence-corrected chi connectivity index (χ3v) is 6.36. The molecule has 0 atom stereocenters. The number of piperazine rings is 1. The van der Waals surface area contributed by atoms with E-state index in [-0.39, 0.29) is 23.9 Å². The number of benzene rings is 1. The van der Waals surface area contributed by atoms with Crippen LogP contribution in [0, 0.1) is 5.82 Å². The van der Waals surface area contributed by atoms with E-state index in [0.717, 1.165) is 6.07 Å². The van der Waals surface area contributed by atoms with Crippen molar-refractivity contribution in [3.8, 4) is 0 Å². The Morgan fingerprint density at radius 1 is 1.09 bits per heavy atom. The summed E-state index contributed by atoms with van der Waals surface area (Å²) in [4.78, 5) is 13.5. The molecule has 3 rings (SSSR count). The van der Waals surface area contributed by atoms with E-state index in [1.54, 1.807) is 16.3 Å². The minimum atomic E-state index is -3.87. The van der Waals surface area contributed by atoms with Gasteiger partial charge in [-0.3, -0.25) is 4.79 Å². The fourth-order valence-electron chi connectivity index (χ4n) is 2.49. The maximum absolute atomic E-state index is 13.8. The van der Waals surface area contributed by atoms with Gasteiger partial charge in [0.15, 0.2) is 0 Å². The Morgan fingerprint density at radius 2 is 1.78 bits per heavy atom. The van der Waals surface area contributed by atoms with E-state index < -0.39 is 15.8 Å². The summed E-state index contributed by atoms with van der Waals surface area (Å²) >= 11 is 1.44. The van der Waals surface area contributed by atoms with Crippen LogP contribution in [0.3, 0.4) is 0 Å². The smallest absolute Gasteiger partial charge is 0.254 e. The molecule has 2 heterocycles. The molecule has 0 aliphatic carbocycles. The second kappa shape index (κ2) is 6.38. The van der Waals surface area contributed by atoms with Crippen molar-refractivity contribution in [3.63, 3.8) is 0 Å². The van der Waals surface area contributed by atoms with Crippen molar-refractivity contribution in [2.45, 2.75) is 4.90 Å². The highest BCUT2D eigenvalue weighted by Gasteiger charge is 2.31. The van der Waals surface area contributed by atoms with Crippen molar-refractivity contribution < 1.29 is 17.6 Å². The molecule has 0 unspecified atom stereocenters. The first-order valence-electron chi connectivity index (χ1n) is 7.06. The quantitative estimate of drug-likeness (QED) is 0.847. The standard InChI is InChI=1S/C15H15FN2O3S2/c16-13-3-1-2-4-14(13)23(20,21)18-8-6-17(7-9-18)15(19)12-5-10-22-11-12/h1-5,10-11H,6-9H2. The Hall–Kier alpha value is -1.77. The number of carbonyl (C=O) groups is 1. The van der Waals surface area contributed by atoms with E-state index in [1.165, 1.54) is 33.8 Å². The zero-order chi connectivity index (χ0) is 16.4. The molecule has 8 heteroatoms. The summed E-state index contributed by atoms with van der Waals surface area (Å²) in [6.07, 6.45) is 0. The molecule has 1 aromatic heterocycles. The molecular formula is C15H15FN2O3S2. The number of hydrogen-bond donors (Lipinski definition) is 0. The first-order chi connectivity index (χ1) is 11.0. The summed E-state index contributed by atoms with van der Waals surface area (Å²) in [5.74, 6) is -0.863. The lowest BCUT2D eigenvalue weighted by molar-refractivity contribution is 0.0698. The van der Waals surface area contributed by atoms with Gasteiger partial charge in [0.1, 0.15) is 10.7 Å². The maximum atomic E-state index is 13.8. The van der Waals surface area contributed by atoms with E-state index in [4.69, 9.17) is 0 Å². The molecule has 23 heavy (non-hydrogen) atoms. The second-order valence-corrected chi connectivity index (χ2v) is 7.83.